The van der Waals surface area contributed by atoms with Gasteiger partial charge in [-0.3, -0.25) is 4.79 Å². The van der Waals surface area contributed by atoms with Crippen molar-refractivity contribution in [3.8, 4) is 22.5 Å². The van der Waals surface area contributed by atoms with Gasteiger partial charge in [0.15, 0.2) is 5.76 Å². The maximum Gasteiger partial charge on any atom is 0.303 e. The predicted octanol–water partition coefficient (Wildman–Crippen LogP) is 3.45. The van der Waals surface area contributed by atoms with Crippen LogP contribution in [0.5, 0.6) is 0 Å². The van der Waals surface area contributed by atoms with Crippen molar-refractivity contribution < 1.29 is 22.8 Å². The Hall–Kier alpha value is -2.97. The number of carboxylic acid groups (broad SMARTS) is 1. The second kappa shape index (κ2) is 8.37. The highest BCUT2D eigenvalue weighted by Crippen LogP contribution is 2.36. The lowest BCUT2D eigenvalue weighted by atomic mass is 9.97. The molecule has 0 amide bonds. The second-order valence-electron chi connectivity index (χ2n) is 6.37. The summed E-state index contributed by atoms with van der Waals surface area (Å²) >= 11 is 0. The smallest absolute Gasteiger partial charge is 0.303 e. The second-order valence-corrected chi connectivity index (χ2v) is 7.93. The van der Waals surface area contributed by atoms with Crippen LogP contribution in [-0.2, 0) is 21.2 Å². The molecule has 1 aromatic heterocycles. The number of nitrogens with two attached hydrogens (primary N) is 1. The fourth-order valence-electron chi connectivity index (χ4n) is 2.96. The van der Waals surface area contributed by atoms with Gasteiger partial charge in [0, 0.05) is 12.0 Å². The Kier molecular flexibility index (Phi) is 5.91. The predicted molar refractivity (Wildman–Crippen MR) is 104 cm³/mol. The van der Waals surface area contributed by atoms with E-state index in [2.05, 4.69) is 5.16 Å². The molecule has 1 heterocycles. The van der Waals surface area contributed by atoms with E-state index in [4.69, 9.17) is 14.8 Å². The van der Waals surface area contributed by atoms with Crippen molar-refractivity contribution in [1.29, 1.82) is 0 Å². The molecule has 0 radical (unpaired) electrons. The Bertz CT molecular complexity index is 1060. The SMILES string of the molecule is NS(=O)(=O)c1ccc(-c2onc(CCCCC(=O)O)c2-c2ccccc2)cc1. The first kappa shape index (κ1) is 19.8. The molecular formula is C20H20N2O5S. The maximum absolute atomic E-state index is 11.5. The minimum atomic E-state index is -3.78. The van der Waals surface area contributed by atoms with Gasteiger partial charge in [-0.2, -0.15) is 0 Å². The highest BCUT2D eigenvalue weighted by molar-refractivity contribution is 7.89. The number of carbonyl (C=O) groups is 1. The number of rotatable bonds is 8. The summed E-state index contributed by atoms with van der Waals surface area (Å²) in [5.74, 6) is -0.292. The molecule has 0 unspecified atom stereocenters. The molecule has 3 N–H and O–H groups in total. The zero-order valence-electron chi connectivity index (χ0n) is 15.0. The van der Waals surface area contributed by atoms with Crippen LogP contribution in [0.25, 0.3) is 22.5 Å². The van der Waals surface area contributed by atoms with E-state index in [1.165, 1.54) is 12.1 Å². The zero-order chi connectivity index (χ0) is 20.1. The van der Waals surface area contributed by atoms with Gasteiger partial charge in [-0.25, -0.2) is 13.6 Å². The van der Waals surface area contributed by atoms with Crippen molar-refractivity contribution in [3.63, 3.8) is 0 Å². The zero-order valence-corrected chi connectivity index (χ0v) is 15.9. The normalized spacial score (nSPS) is 11.5. The van der Waals surface area contributed by atoms with Gasteiger partial charge >= 0.3 is 5.97 Å². The highest BCUT2D eigenvalue weighted by Gasteiger charge is 2.20. The number of hydrogen-bond acceptors (Lipinski definition) is 5. The fourth-order valence-corrected chi connectivity index (χ4v) is 3.47. The van der Waals surface area contributed by atoms with Crippen molar-refractivity contribution >= 4 is 16.0 Å². The number of sulfonamides is 1. The van der Waals surface area contributed by atoms with Crippen LogP contribution in [-0.4, -0.2) is 24.7 Å². The molecule has 3 rings (SSSR count). The summed E-state index contributed by atoms with van der Waals surface area (Å²) in [6.07, 6.45) is 1.91. The summed E-state index contributed by atoms with van der Waals surface area (Å²) in [5.41, 5.74) is 3.15. The molecule has 3 aromatic rings. The maximum atomic E-state index is 11.5. The molecule has 0 fully saturated rings. The Morgan fingerprint density at radius 1 is 1.00 bits per heavy atom. The van der Waals surface area contributed by atoms with E-state index in [1.807, 2.05) is 30.3 Å². The summed E-state index contributed by atoms with van der Waals surface area (Å²) < 4.78 is 28.5. The molecule has 0 aliphatic rings. The van der Waals surface area contributed by atoms with Crippen molar-refractivity contribution in [1.82, 2.24) is 5.16 Å². The Labute approximate surface area is 162 Å². The van der Waals surface area contributed by atoms with Crippen molar-refractivity contribution in [2.24, 2.45) is 5.14 Å². The van der Waals surface area contributed by atoms with Crippen LogP contribution >= 0.6 is 0 Å². The van der Waals surface area contributed by atoms with Gasteiger partial charge in [-0.1, -0.05) is 35.5 Å². The van der Waals surface area contributed by atoms with E-state index in [-0.39, 0.29) is 11.3 Å². The largest absolute Gasteiger partial charge is 0.481 e. The third-order valence-corrected chi connectivity index (χ3v) is 5.25. The minimum Gasteiger partial charge on any atom is -0.481 e. The summed E-state index contributed by atoms with van der Waals surface area (Å²) in [4.78, 5) is 10.7. The van der Waals surface area contributed by atoms with Crippen molar-refractivity contribution in [2.45, 2.75) is 30.6 Å². The summed E-state index contributed by atoms with van der Waals surface area (Å²) in [6.45, 7) is 0. The Morgan fingerprint density at radius 2 is 1.68 bits per heavy atom. The van der Waals surface area contributed by atoms with Gasteiger partial charge in [-0.15, -0.1) is 0 Å². The van der Waals surface area contributed by atoms with Gasteiger partial charge in [0.2, 0.25) is 10.0 Å². The van der Waals surface area contributed by atoms with Crippen LogP contribution in [0.1, 0.15) is 25.0 Å². The molecular weight excluding hydrogens is 380 g/mol. The number of primary sulfonamides is 1. The van der Waals surface area contributed by atoms with E-state index in [0.717, 1.165) is 16.8 Å². The van der Waals surface area contributed by atoms with Gasteiger partial charge in [-0.05, 0) is 49.1 Å². The van der Waals surface area contributed by atoms with E-state index in [0.29, 0.717) is 30.6 Å². The monoisotopic (exact) mass is 400 g/mol. The van der Waals surface area contributed by atoms with E-state index >= 15 is 0 Å². The molecule has 0 aliphatic heterocycles. The van der Waals surface area contributed by atoms with Crippen LogP contribution in [0.15, 0.2) is 64.0 Å². The van der Waals surface area contributed by atoms with Crippen molar-refractivity contribution in [3.05, 3.63) is 60.3 Å². The summed E-state index contributed by atoms with van der Waals surface area (Å²) in [7, 11) is -3.78. The van der Waals surface area contributed by atoms with Crippen LogP contribution < -0.4 is 5.14 Å². The lowest BCUT2D eigenvalue weighted by molar-refractivity contribution is -0.137. The van der Waals surface area contributed by atoms with Crippen LogP contribution in [0.2, 0.25) is 0 Å². The number of nitrogens with zero attached hydrogens (tertiary/aromatic N) is 1. The summed E-state index contributed by atoms with van der Waals surface area (Å²) in [5, 5.41) is 18.1. The number of hydrogen-bond donors (Lipinski definition) is 2. The number of benzene rings is 2. The average Bonchev–Trinajstić information content (AvgIpc) is 3.09. The van der Waals surface area contributed by atoms with Crippen molar-refractivity contribution in [2.75, 3.05) is 0 Å². The Balaban J connectivity index is 1.96. The van der Waals surface area contributed by atoms with Crippen LogP contribution in [0.3, 0.4) is 0 Å². The van der Waals surface area contributed by atoms with E-state index < -0.39 is 16.0 Å². The molecule has 7 nitrogen and oxygen atoms in total. The third-order valence-electron chi connectivity index (χ3n) is 4.32. The first-order chi connectivity index (χ1) is 13.4. The molecule has 0 spiro atoms. The number of aryl methyl sites for hydroxylation is 1. The number of aliphatic carboxylic acids is 1. The lowest BCUT2D eigenvalue weighted by Crippen LogP contribution is -2.11. The van der Waals surface area contributed by atoms with Crippen LogP contribution in [0.4, 0.5) is 0 Å². The topological polar surface area (TPSA) is 123 Å². The average molecular weight is 400 g/mol. The molecule has 0 aliphatic carbocycles. The lowest BCUT2D eigenvalue weighted by Gasteiger charge is -2.06. The highest BCUT2D eigenvalue weighted by atomic mass is 32.2. The Morgan fingerprint density at radius 3 is 2.29 bits per heavy atom. The first-order valence-electron chi connectivity index (χ1n) is 8.75. The quantitative estimate of drug-likeness (QED) is 0.558. The molecule has 0 atom stereocenters. The molecule has 2 aromatic carbocycles. The standard InChI is InChI=1S/C20H20N2O5S/c21-28(25,26)16-12-10-15(11-13-16)20-19(14-6-2-1-3-7-14)17(22-27-20)8-4-5-9-18(23)24/h1-3,6-7,10-13H,4-5,8-9H2,(H,23,24)(H2,21,25,26). The molecule has 0 saturated carbocycles. The molecule has 0 saturated heterocycles. The third kappa shape index (κ3) is 4.65. The number of carboxylic acids is 1. The van der Waals surface area contributed by atoms with Gasteiger partial charge in [0.25, 0.3) is 0 Å². The van der Waals surface area contributed by atoms with Gasteiger partial charge in [0.05, 0.1) is 16.2 Å². The first-order valence-corrected chi connectivity index (χ1v) is 10.3. The molecule has 146 valence electrons. The molecule has 8 heteroatoms. The number of aromatic nitrogens is 1. The van der Waals surface area contributed by atoms with E-state index in [1.54, 1.807) is 12.1 Å². The number of unbranched alkanes of at least 4 members (excludes halogenated alkanes) is 1. The fraction of sp³-hybridized carbons (Fsp3) is 0.200. The van der Waals surface area contributed by atoms with E-state index in [9.17, 15) is 13.2 Å². The molecule has 28 heavy (non-hydrogen) atoms. The van der Waals surface area contributed by atoms with Gasteiger partial charge in [0.1, 0.15) is 0 Å². The summed E-state index contributed by atoms with van der Waals surface area (Å²) in [6, 6.07) is 15.7. The van der Waals surface area contributed by atoms with Crippen LogP contribution in [0, 0.1) is 0 Å². The minimum absolute atomic E-state index is 0.0194. The van der Waals surface area contributed by atoms with Gasteiger partial charge < -0.3 is 9.63 Å². The molecule has 0 bridgehead atoms.